The zero-order chi connectivity index (χ0) is 17.8. The SMILES string of the molecule is Oc1cc(Nc2ccnc3cc4c(C5CC5)csc4cc23)c(F)cc1Cl. The van der Waals surface area contributed by atoms with Crippen LogP contribution in [0.5, 0.6) is 5.75 Å². The van der Waals surface area contributed by atoms with Crippen molar-refractivity contribution in [2.45, 2.75) is 18.8 Å². The summed E-state index contributed by atoms with van der Waals surface area (Å²) in [6, 6.07) is 8.41. The maximum Gasteiger partial charge on any atom is 0.148 e. The number of halogens is 2. The van der Waals surface area contributed by atoms with Crippen molar-refractivity contribution in [1.29, 1.82) is 0 Å². The molecular formula is C20H14ClFN2OS. The summed E-state index contributed by atoms with van der Waals surface area (Å²) in [4.78, 5) is 4.49. The van der Waals surface area contributed by atoms with E-state index in [4.69, 9.17) is 11.6 Å². The molecule has 6 heteroatoms. The number of hydrogen-bond donors (Lipinski definition) is 2. The number of thiophene rings is 1. The van der Waals surface area contributed by atoms with E-state index >= 15 is 0 Å². The molecule has 0 aliphatic heterocycles. The summed E-state index contributed by atoms with van der Waals surface area (Å²) < 4.78 is 15.4. The number of pyridine rings is 1. The molecule has 0 bridgehead atoms. The van der Waals surface area contributed by atoms with E-state index in [0.29, 0.717) is 5.92 Å². The number of benzene rings is 2. The highest BCUT2D eigenvalue weighted by Gasteiger charge is 2.26. The molecule has 1 aliphatic rings. The summed E-state index contributed by atoms with van der Waals surface area (Å²) in [7, 11) is 0. The van der Waals surface area contributed by atoms with Gasteiger partial charge in [0.25, 0.3) is 0 Å². The van der Waals surface area contributed by atoms with Crippen LogP contribution in [0.4, 0.5) is 15.8 Å². The van der Waals surface area contributed by atoms with Crippen molar-refractivity contribution >= 4 is 55.3 Å². The standard InChI is InChI=1S/C20H14ClFN2OS/c21-14-7-15(22)18(8-19(14)25)24-16-3-4-23-17-5-11-13(10-1-2-10)9-26-20(11)6-12(16)17/h3-10,25H,1-2H2,(H,23,24). The average molecular weight is 385 g/mol. The molecule has 1 fully saturated rings. The fourth-order valence-corrected chi connectivity index (χ4v) is 4.50. The predicted octanol–water partition coefficient (Wildman–Crippen LogP) is 6.57. The molecule has 1 aliphatic carbocycles. The minimum Gasteiger partial charge on any atom is -0.506 e. The fraction of sp³-hybridized carbons (Fsp3) is 0.150. The molecule has 2 aromatic carbocycles. The second kappa shape index (κ2) is 5.83. The second-order valence-corrected chi connectivity index (χ2v) is 7.92. The van der Waals surface area contributed by atoms with Gasteiger partial charge < -0.3 is 10.4 Å². The molecule has 0 atom stereocenters. The number of nitrogens with one attached hydrogen (secondary N) is 1. The molecule has 5 rings (SSSR count). The fourth-order valence-electron chi connectivity index (χ4n) is 3.28. The Labute approximate surface area is 158 Å². The van der Waals surface area contributed by atoms with Gasteiger partial charge in [-0.2, -0.15) is 0 Å². The van der Waals surface area contributed by atoms with Gasteiger partial charge in [-0.3, -0.25) is 4.98 Å². The zero-order valence-corrected chi connectivity index (χ0v) is 15.2. The third-order valence-electron chi connectivity index (χ3n) is 4.79. The van der Waals surface area contributed by atoms with Gasteiger partial charge in [0.1, 0.15) is 11.6 Å². The van der Waals surface area contributed by atoms with E-state index in [9.17, 15) is 9.50 Å². The number of aromatic nitrogens is 1. The lowest BCUT2D eigenvalue weighted by Crippen LogP contribution is -1.96. The summed E-state index contributed by atoms with van der Waals surface area (Å²) in [5, 5.41) is 17.2. The van der Waals surface area contributed by atoms with E-state index in [-0.39, 0.29) is 16.5 Å². The Morgan fingerprint density at radius 2 is 2.00 bits per heavy atom. The van der Waals surface area contributed by atoms with Crippen molar-refractivity contribution in [3.8, 4) is 5.75 Å². The van der Waals surface area contributed by atoms with Gasteiger partial charge in [-0.25, -0.2) is 4.39 Å². The van der Waals surface area contributed by atoms with Gasteiger partial charge in [-0.15, -0.1) is 11.3 Å². The number of nitrogens with zero attached hydrogens (tertiary/aromatic N) is 1. The summed E-state index contributed by atoms with van der Waals surface area (Å²) in [6.07, 6.45) is 4.23. The van der Waals surface area contributed by atoms with Gasteiger partial charge in [0.05, 0.1) is 16.2 Å². The number of rotatable bonds is 3. The van der Waals surface area contributed by atoms with E-state index in [1.165, 1.54) is 34.6 Å². The number of aromatic hydroxyl groups is 1. The lowest BCUT2D eigenvalue weighted by Gasteiger charge is -2.12. The van der Waals surface area contributed by atoms with Gasteiger partial charge >= 0.3 is 0 Å². The highest BCUT2D eigenvalue weighted by molar-refractivity contribution is 7.17. The van der Waals surface area contributed by atoms with E-state index in [1.54, 1.807) is 23.6 Å². The molecule has 0 amide bonds. The smallest absolute Gasteiger partial charge is 0.148 e. The van der Waals surface area contributed by atoms with Crippen LogP contribution in [0.25, 0.3) is 21.0 Å². The van der Waals surface area contributed by atoms with Crippen molar-refractivity contribution in [2.24, 2.45) is 0 Å². The van der Waals surface area contributed by atoms with Crippen LogP contribution in [0.1, 0.15) is 24.3 Å². The van der Waals surface area contributed by atoms with Crippen LogP contribution in [0.2, 0.25) is 5.02 Å². The first kappa shape index (κ1) is 15.9. The molecule has 2 N–H and O–H groups in total. The summed E-state index contributed by atoms with van der Waals surface area (Å²) >= 11 is 7.49. The third kappa shape index (κ3) is 2.59. The normalized spacial score (nSPS) is 14.2. The van der Waals surface area contributed by atoms with Crippen molar-refractivity contribution in [3.63, 3.8) is 0 Å². The summed E-state index contributed by atoms with van der Waals surface area (Å²) in [5.41, 5.74) is 3.19. The molecule has 2 heterocycles. The van der Waals surface area contributed by atoms with Gasteiger partial charge in [0.2, 0.25) is 0 Å². The Morgan fingerprint density at radius 1 is 1.15 bits per heavy atom. The first-order valence-electron chi connectivity index (χ1n) is 8.35. The van der Waals surface area contributed by atoms with Crippen LogP contribution in [0, 0.1) is 5.82 Å². The Balaban J connectivity index is 1.64. The number of phenolic OH excluding ortho intramolecular Hbond substituents is 1. The molecule has 2 aromatic heterocycles. The van der Waals surface area contributed by atoms with Gasteiger partial charge in [0, 0.05) is 28.0 Å². The number of phenols is 1. The van der Waals surface area contributed by atoms with Crippen molar-refractivity contribution < 1.29 is 9.50 Å². The van der Waals surface area contributed by atoms with E-state index in [2.05, 4.69) is 27.8 Å². The van der Waals surface area contributed by atoms with Crippen molar-refractivity contribution in [3.05, 3.63) is 58.3 Å². The molecule has 26 heavy (non-hydrogen) atoms. The first-order valence-corrected chi connectivity index (χ1v) is 9.61. The van der Waals surface area contributed by atoms with Gasteiger partial charge in [-0.05, 0) is 59.4 Å². The molecule has 0 radical (unpaired) electrons. The quantitative estimate of drug-likeness (QED) is 0.420. The lowest BCUT2D eigenvalue weighted by molar-refractivity contribution is 0.474. The van der Waals surface area contributed by atoms with Crippen LogP contribution in [-0.4, -0.2) is 10.1 Å². The van der Waals surface area contributed by atoms with Crippen molar-refractivity contribution in [2.75, 3.05) is 5.32 Å². The Hall–Kier alpha value is -2.37. The van der Waals surface area contributed by atoms with Crippen LogP contribution in [-0.2, 0) is 0 Å². The minimum atomic E-state index is -0.522. The predicted molar refractivity (Wildman–Crippen MR) is 105 cm³/mol. The molecule has 0 saturated heterocycles. The molecule has 4 aromatic rings. The monoisotopic (exact) mass is 384 g/mol. The maximum atomic E-state index is 14.2. The molecule has 0 unspecified atom stereocenters. The molecule has 130 valence electrons. The highest BCUT2D eigenvalue weighted by atomic mass is 35.5. The average Bonchev–Trinajstić information content (AvgIpc) is 3.38. The Kier molecular flexibility index (Phi) is 3.55. The molecule has 3 nitrogen and oxygen atoms in total. The van der Waals surface area contributed by atoms with Gasteiger partial charge in [0.15, 0.2) is 0 Å². The van der Waals surface area contributed by atoms with Crippen LogP contribution < -0.4 is 5.32 Å². The van der Waals surface area contributed by atoms with Crippen LogP contribution in [0.15, 0.2) is 41.9 Å². The molecule has 0 spiro atoms. The van der Waals surface area contributed by atoms with Gasteiger partial charge in [-0.1, -0.05) is 11.6 Å². The molecular weight excluding hydrogens is 371 g/mol. The second-order valence-electron chi connectivity index (χ2n) is 6.60. The topological polar surface area (TPSA) is 45.1 Å². The van der Waals surface area contributed by atoms with E-state index < -0.39 is 5.82 Å². The van der Waals surface area contributed by atoms with E-state index in [1.807, 2.05) is 0 Å². The van der Waals surface area contributed by atoms with Crippen LogP contribution in [0.3, 0.4) is 0 Å². The highest BCUT2D eigenvalue weighted by Crippen LogP contribution is 2.46. The minimum absolute atomic E-state index is 0.0134. The first-order chi connectivity index (χ1) is 12.6. The maximum absolute atomic E-state index is 14.2. The number of fused-ring (bicyclic) bond motifs is 2. The molecule has 1 saturated carbocycles. The zero-order valence-electron chi connectivity index (χ0n) is 13.6. The Morgan fingerprint density at radius 3 is 2.81 bits per heavy atom. The number of anilines is 2. The number of hydrogen-bond acceptors (Lipinski definition) is 4. The summed E-state index contributed by atoms with van der Waals surface area (Å²) in [6.45, 7) is 0. The largest absolute Gasteiger partial charge is 0.506 e. The Bertz CT molecular complexity index is 1170. The van der Waals surface area contributed by atoms with Crippen molar-refractivity contribution in [1.82, 2.24) is 4.98 Å². The van der Waals surface area contributed by atoms with Crippen LogP contribution >= 0.6 is 22.9 Å². The summed E-state index contributed by atoms with van der Waals surface area (Å²) in [5.74, 6) is 0.00304. The van der Waals surface area contributed by atoms with E-state index in [0.717, 1.165) is 22.7 Å². The third-order valence-corrected chi connectivity index (χ3v) is 6.06. The lowest BCUT2D eigenvalue weighted by atomic mass is 10.1.